The first-order chi connectivity index (χ1) is 15.9. The molecule has 3 atom stereocenters. The van der Waals surface area contributed by atoms with Crippen LogP contribution in [0.25, 0.3) is 11.5 Å². The van der Waals surface area contributed by atoms with Gasteiger partial charge in [-0.05, 0) is 62.6 Å². The molecule has 0 saturated heterocycles. The zero-order valence-corrected chi connectivity index (χ0v) is 20.2. The molecule has 0 radical (unpaired) electrons. The van der Waals surface area contributed by atoms with Crippen molar-refractivity contribution in [2.24, 2.45) is 0 Å². The lowest BCUT2D eigenvalue weighted by Gasteiger charge is -2.29. The van der Waals surface area contributed by atoms with Crippen LogP contribution >= 0.6 is 0 Å². The van der Waals surface area contributed by atoms with Crippen molar-refractivity contribution in [3.63, 3.8) is 0 Å². The van der Waals surface area contributed by atoms with Gasteiger partial charge in [0.1, 0.15) is 11.5 Å². The maximum Gasteiger partial charge on any atom is 0.335 e. The molecule has 1 saturated carbocycles. The Labute approximate surface area is 196 Å². The number of benzene rings is 1. The van der Waals surface area contributed by atoms with Crippen molar-refractivity contribution < 1.29 is 28.5 Å². The number of oxazole rings is 1. The Bertz CT molecular complexity index is 875. The van der Waals surface area contributed by atoms with Crippen LogP contribution in [0.15, 0.2) is 28.7 Å². The fourth-order valence-corrected chi connectivity index (χ4v) is 3.97. The van der Waals surface area contributed by atoms with Crippen LogP contribution in [0, 0.1) is 6.92 Å². The third-order valence-corrected chi connectivity index (χ3v) is 6.03. The first kappa shape index (κ1) is 25.4. The van der Waals surface area contributed by atoms with E-state index in [4.69, 9.17) is 18.6 Å². The molecule has 2 aromatic rings. The lowest BCUT2D eigenvalue weighted by Crippen LogP contribution is -2.34. The molecule has 7 nitrogen and oxygen atoms in total. The highest BCUT2D eigenvalue weighted by Gasteiger charge is 2.26. The van der Waals surface area contributed by atoms with Gasteiger partial charge in [-0.25, -0.2) is 9.78 Å². The molecule has 0 spiro atoms. The number of aliphatic carboxylic acids is 1. The van der Waals surface area contributed by atoms with E-state index in [2.05, 4.69) is 31.0 Å². The van der Waals surface area contributed by atoms with Crippen molar-refractivity contribution in [2.75, 3.05) is 13.2 Å². The molecule has 7 heteroatoms. The van der Waals surface area contributed by atoms with Gasteiger partial charge in [0.2, 0.25) is 5.89 Å². The summed E-state index contributed by atoms with van der Waals surface area (Å²) in [6.07, 6.45) is 3.45. The van der Waals surface area contributed by atoms with E-state index in [0.29, 0.717) is 25.0 Å². The zero-order chi connectivity index (χ0) is 23.8. The van der Waals surface area contributed by atoms with Crippen molar-refractivity contribution in [1.82, 2.24) is 4.98 Å². The van der Waals surface area contributed by atoms with Crippen LogP contribution < -0.4 is 0 Å². The third-order valence-electron chi connectivity index (χ3n) is 6.03. The number of carbonyl (C=O) groups is 1. The number of ether oxygens (including phenoxy) is 3. The SMILES string of the molecule is CCCOC(CO[C@@H]1CCC[C@H](OCc2nc(-c3ccc(C(C)C)cc3)oc2C)C1)C(=O)O. The van der Waals surface area contributed by atoms with Gasteiger partial charge in [0.05, 0.1) is 25.4 Å². The van der Waals surface area contributed by atoms with Gasteiger partial charge >= 0.3 is 5.97 Å². The van der Waals surface area contributed by atoms with Crippen LogP contribution in [0.1, 0.15) is 75.8 Å². The molecule has 33 heavy (non-hydrogen) atoms. The van der Waals surface area contributed by atoms with E-state index in [0.717, 1.165) is 49.1 Å². The molecular formula is C26H37NO6. The van der Waals surface area contributed by atoms with E-state index in [1.54, 1.807) is 0 Å². The summed E-state index contributed by atoms with van der Waals surface area (Å²) in [6, 6.07) is 8.31. The van der Waals surface area contributed by atoms with Gasteiger partial charge in [0, 0.05) is 12.2 Å². The van der Waals surface area contributed by atoms with Crippen LogP contribution in [0.5, 0.6) is 0 Å². The average molecular weight is 460 g/mol. The number of rotatable bonds is 12. The molecule has 0 amide bonds. The highest BCUT2D eigenvalue weighted by Crippen LogP contribution is 2.27. The lowest BCUT2D eigenvalue weighted by molar-refractivity contribution is -0.157. The van der Waals surface area contributed by atoms with Crippen LogP contribution in [0.2, 0.25) is 0 Å². The molecule has 1 aliphatic rings. The third kappa shape index (κ3) is 7.39. The van der Waals surface area contributed by atoms with Gasteiger partial charge in [0.25, 0.3) is 0 Å². The number of hydrogen-bond donors (Lipinski definition) is 1. The normalized spacial score (nSPS) is 19.7. The molecule has 0 aliphatic heterocycles. The van der Waals surface area contributed by atoms with Crippen molar-refractivity contribution in [3.05, 3.63) is 41.3 Å². The highest BCUT2D eigenvalue weighted by molar-refractivity contribution is 5.72. The standard InChI is InChI=1S/C26H37NO6/c1-5-13-30-24(26(28)29)16-32-22-8-6-7-21(14-22)31-15-23-18(4)33-25(27-23)20-11-9-19(10-12-20)17(2)3/h9-12,17,21-22,24H,5-8,13-16H2,1-4H3,(H,28,29)/t21-,22+,24?/m0/s1. The summed E-state index contributed by atoms with van der Waals surface area (Å²) in [4.78, 5) is 16.0. The monoisotopic (exact) mass is 459 g/mol. The summed E-state index contributed by atoms with van der Waals surface area (Å²) in [5.74, 6) is 0.872. The number of carboxylic acid groups (broad SMARTS) is 1. The molecule has 1 aliphatic carbocycles. The summed E-state index contributed by atoms with van der Waals surface area (Å²) in [6.45, 7) is 9.06. The smallest absolute Gasteiger partial charge is 0.335 e. The largest absolute Gasteiger partial charge is 0.479 e. The molecular weight excluding hydrogens is 422 g/mol. The van der Waals surface area contributed by atoms with Crippen molar-refractivity contribution >= 4 is 5.97 Å². The number of aryl methyl sites for hydroxylation is 1. The summed E-state index contributed by atoms with van der Waals surface area (Å²) >= 11 is 0. The molecule has 3 rings (SSSR count). The van der Waals surface area contributed by atoms with Gasteiger partial charge in [-0.3, -0.25) is 0 Å². The van der Waals surface area contributed by atoms with Crippen molar-refractivity contribution in [1.29, 1.82) is 0 Å². The van der Waals surface area contributed by atoms with Gasteiger partial charge in [-0.2, -0.15) is 0 Å². The van der Waals surface area contributed by atoms with Gasteiger partial charge in [-0.1, -0.05) is 32.9 Å². The van der Waals surface area contributed by atoms with Crippen LogP contribution in [0.3, 0.4) is 0 Å². The molecule has 1 N–H and O–H groups in total. The molecule has 1 aromatic heterocycles. The summed E-state index contributed by atoms with van der Waals surface area (Å²) < 4.78 is 23.3. The summed E-state index contributed by atoms with van der Waals surface area (Å²) in [5.41, 5.74) is 3.05. The maximum absolute atomic E-state index is 11.3. The van der Waals surface area contributed by atoms with Gasteiger partial charge in [-0.15, -0.1) is 0 Å². The average Bonchev–Trinajstić information content (AvgIpc) is 3.18. The first-order valence-corrected chi connectivity index (χ1v) is 12.0. The second-order valence-corrected chi connectivity index (χ2v) is 9.05. The van der Waals surface area contributed by atoms with Crippen LogP contribution in [0.4, 0.5) is 0 Å². The predicted octanol–water partition coefficient (Wildman–Crippen LogP) is 5.50. The number of hydrogen-bond acceptors (Lipinski definition) is 6. The Kier molecular flexibility index (Phi) is 9.47. The van der Waals surface area contributed by atoms with E-state index < -0.39 is 12.1 Å². The maximum atomic E-state index is 11.3. The van der Waals surface area contributed by atoms with E-state index >= 15 is 0 Å². The molecule has 1 fully saturated rings. The van der Waals surface area contributed by atoms with E-state index in [1.807, 2.05) is 26.0 Å². The second-order valence-electron chi connectivity index (χ2n) is 9.05. The minimum absolute atomic E-state index is 0.0238. The van der Waals surface area contributed by atoms with Crippen molar-refractivity contribution in [3.8, 4) is 11.5 Å². The van der Waals surface area contributed by atoms with E-state index in [9.17, 15) is 9.90 Å². The molecule has 1 aromatic carbocycles. The molecule has 1 unspecified atom stereocenters. The Morgan fingerprint density at radius 2 is 1.88 bits per heavy atom. The first-order valence-electron chi connectivity index (χ1n) is 12.0. The van der Waals surface area contributed by atoms with E-state index in [1.165, 1.54) is 5.56 Å². The van der Waals surface area contributed by atoms with Crippen molar-refractivity contribution in [2.45, 2.75) is 90.6 Å². The highest BCUT2D eigenvalue weighted by atomic mass is 16.6. The van der Waals surface area contributed by atoms with Crippen LogP contribution in [-0.4, -0.2) is 47.6 Å². The number of nitrogens with zero attached hydrogens (tertiary/aromatic N) is 1. The lowest BCUT2D eigenvalue weighted by atomic mass is 9.95. The van der Waals surface area contributed by atoms with Crippen LogP contribution in [-0.2, 0) is 25.6 Å². The fraction of sp³-hybridized carbons (Fsp3) is 0.615. The second kappa shape index (κ2) is 12.3. The summed E-state index contributed by atoms with van der Waals surface area (Å²) in [5, 5.41) is 9.29. The Morgan fingerprint density at radius 3 is 2.52 bits per heavy atom. The molecule has 182 valence electrons. The van der Waals surface area contributed by atoms with Gasteiger partial charge in [0.15, 0.2) is 6.10 Å². The number of aromatic nitrogens is 1. The number of carboxylic acids is 1. The molecule has 0 bridgehead atoms. The van der Waals surface area contributed by atoms with E-state index in [-0.39, 0.29) is 18.8 Å². The minimum atomic E-state index is -0.983. The minimum Gasteiger partial charge on any atom is -0.479 e. The Balaban J connectivity index is 1.51. The van der Waals surface area contributed by atoms with Gasteiger partial charge < -0.3 is 23.7 Å². The fourth-order valence-electron chi connectivity index (χ4n) is 3.97. The quantitative estimate of drug-likeness (QED) is 0.448. The molecule has 1 heterocycles. The zero-order valence-electron chi connectivity index (χ0n) is 20.2. The predicted molar refractivity (Wildman–Crippen MR) is 125 cm³/mol. The Morgan fingerprint density at radius 1 is 1.18 bits per heavy atom. The topological polar surface area (TPSA) is 91.0 Å². The summed E-state index contributed by atoms with van der Waals surface area (Å²) in [7, 11) is 0. The Hall–Kier alpha value is -2.22.